The van der Waals surface area contributed by atoms with Crippen molar-refractivity contribution in [3.63, 3.8) is 0 Å². The van der Waals surface area contributed by atoms with Gasteiger partial charge in [-0.15, -0.1) is 0 Å². The number of amides is 1. The summed E-state index contributed by atoms with van der Waals surface area (Å²) in [6.45, 7) is 1.99. The van der Waals surface area contributed by atoms with Gasteiger partial charge in [0.25, 0.3) is 0 Å². The van der Waals surface area contributed by atoms with Crippen molar-refractivity contribution in [1.29, 1.82) is 0 Å². The Labute approximate surface area is 83.5 Å². The van der Waals surface area contributed by atoms with Crippen LogP contribution in [0.1, 0.15) is 12.8 Å². The number of nitrogens with zero attached hydrogens (tertiary/aromatic N) is 2. The zero-order chi connectivity index (χ0) is 10.4. The maximum atomic E-state index is 11.5. The largest absolute Gasteiger partial charge is 0.346 e. The Bertz CT molecular complexity index is 222. The van der Waals surface area contributed by atoms with Crippen LogP contribution in [0.5, 0.6) is 0 Å². The molecular formula is C8H17N5O. The van der Waals surface area contributed by atoms with Crippen LogP contribution < -0.4 is 16.6 Å². The molecule has 0 aromatic rings. The SMILES string of the molecule is CN=C(NN)NCC(=O)N1CCCC1. The second-order valence-electron chi connectivity index (χ2n) is 3.16. The molecule has 1 heterocycles. The van der Waals surface area contributed by atoms with E-state index >= 15 is 0 Å². The zero-order valence-corrected chi connectivity index (χ0v) is 8.42. The maximum Gasteiger partial charge on any atom is 0.241 e. The summed E-state index contributed by atoms with van der Waals surface area (Å²) >= 11 is 0. The minimum absolute atomic E-state index is 0.0962. The Balaban J connectivity index is 2.26. The van der Waals surface area contributed by atoms with Gasteiger partial charge in [-0.2, -0.15) is 0 Å². The Kier molecular flexibility index (Phi) is 4.18. The predicted molar refractivity (Wildman–Crippen MR) is 54.5 cm³/mol. The fourth-order valence-corrected chi connectivity index (χ4v) is 1.43. The molecule has 0 saturated carbocycles. The highest BCUT2D eigenvalue weighted by Crippen LogP contribution is 2.06. The molecule has 0 bridgehead atoms. The second-order valence-corrected chi connectivity index (χ2v) is 3.16. The van der Waals surface area contributed by atoms with Crippen LogP contribution in [0, 0.1) is 0 Å². The average Bonchev–Trinajstić information content (AvgIpc) is 2.72. The molecule has 1 rings (SSSR count). The normalized spacial score (nSPS) is 17.0. The standard InChI is InChI=1S/C8H17N5O/c1-10-8(12-9)11-6-7(14)13-4-2-3-5-13/h2-6,9H2,1H3,(H2,10,11,12). The van der Waals surface area contributed by atoms with Crippen LogP contribution in [0.2, 0.25) is 0 Å². The molecule has 1 aliphatic rings. The Hall–Kier alpha value is -1.30. The fourth-order valence-electron chi connectivity index (χ4n) is 1.43. The monoisotopic (exact) mass is 199 g/mol. The van der Waals surface area contributed by atoms with Gasteiger partial charge < -0.3 is 10.2 Å². The lowest BCUT2D eigenvalue weighted by Gasteiger charge is -2.16. The van der Waals surface area contributed by atoms with E-state index < -0.39 is 0 Å². The number of nitrogens with one attached hydrogen (secondary N) is 2. The van der Waals surface area contributed by atoms with Gasteiger partial charge in [0.05, 0.1) is 6.54 Å². The number of rotatable bonds is 2. The van der Waals surface area contributed by atoms with Gasteiger partial charge in [0, 0.05) is 20.1 Å². The first kappa shape index (κ1) is 10.8. The number of hydrogen-bond donors (Lipinski definition) is 3. The van der Waals surface area contributed by atoms with Crippen molar-refractivity contribution in [2.24, 2.45) is 10.8 Å². The number of carbonyl (C=O) groups is 1. The van der Waals surface area contributed by atoms with Gasteiger partial charge in [-0.25, -0.2) is 5.84 Å². The molecule has 14 heavy (non-hydrogen) atoms. The summed E-state index contributed by atoms with van der Waals surface area (Å²) in [5, 5.41) is 2.82. The van der Waals surface area contributed by atoms with Crippen molar-refractivity contribution in [1.82, 2.24) is 15.6 Å². The number of guanidine groups is 1. The van der Waals surface area contributed by atoms with E-state index in [1.807, 2.05) is 4.90 Å². The number of nitrogens with two attached hydrogens (primary N) is 1. The van der Waals surface area contributed by atoms with E-state index in [2.05, 4.69) is 15.7 Å². The Morgan fingerprint density at radius 3 is 2.64 bits per heavy atom. The molecule has 80 valence electrons. The molecule has 0 aromatic carbocycles. The van der Waals surface area contributed by atoms with Crippen LogP contribution in [0.3, 0.4) is 0 Å². The molecule has 1 aliphatic heterocycles. The van der Waals surface area contributed by atoms with Gasteiger partial charge in [0.1, 0.15) is 0 Å². The van der Waals surface area contributed by atoms with E-state index in [0.29, 0.717) is 5.96 Å². The van der Waals surface area contributed by atoms with Gasteiger partial charge in [0.2, 0.25) is 11.9 Å². The fraction of sp³-hybridized carbons (Fsp3) is 0.750. The topological polar surface area (TPSA) is 82.7 Å². The summed E-state index contributed by atoms with van der Waals surface area (Å²) in [5.41, 5.74) is 2.37. The smallest absolute Gasteiger partial charge is 0.241 e. The molecule has 0 atom stereocenters. The molecular weight excluding hydrogens is 182 g/mol. The number of likely N-dealkylation sites (tertiary alicyclic amines) is 1. The first-order chi connectivity index (χ1) is 6.77. The zero-order valence-electron chi connectivity index (χ0n) is 8.42. The van der Waals surface area contributed by atoms with Crippen LogP contribution in [-0.4, -0.2) is 43.4 Å². The summed E-state index contributed by atoms with van der Waals surface area (Å²) in [7, 11) is 1.60. The molecule has 6 heteroatoms. The van der Waals surface area contributed by atoms with E-state index in [4.69, 9.17) is 5.84 Å². The lowest BCUT2D eigenvalue weighted by molar-refractivity contribution is -0.128. The molecule has 0 spiro atoms. The summed E-state index contributed by atoms with van der Waals surface area (Å²) in [6, 6.07) is 0. The highest BCUT2D eigenvalue weighted by atomic mass is 16.2. The highest BCUT2D eigenvalue weighted by molar-refractivity contribution is 5.86. The third kappa shape index (κ3) is 2.88. The van der Waals surface area contributed by atoms with Crippen LogP contribution in [0.25, 0.3) is 0 Å². The minimum Gasteiger partial charge on any atom is -0.346 e. The van der Waals surface area contributed by atoms with E-state index in [0.717, 1.165) is 25.9 Å². The number of hydrazine groups is 1. The van der Waals surface area contributed by atoms with Gasteiger partial charge in [-0.3, -0.25) is 15.2 Å². The third-order valence-electron chi connectivity index (χ3n) is 2.23. The van der Waals surface area contributed by atoms with Crippen molar-refractivity contribution in [3.05, 3.63) is 0 Å². The maximum absolute atomic E-state index is 11.5. The molecule has 1 fully saturated rings. The van der Waals surface area contributed by atoms with Gasteiger partial charge in [-0.05, 0) is 12.8 Å². The molecule has 0 aliphatic carbocycles. The van der Waals surface area contributed by atoms with Crippen LogP contribution in [0.4, 0.5) is 0 Å². The van der Waals surface area contributed by atoms with Gasteiger partial charge >= 0.3 is 0 Å². The van der Waals surface area contributed by atoms with Crippen molar-refractivity contribution in [3.8, 4) is 0 Å². The third-order valence-corrected chi connectivity index (χ3v) is 2.23. The number of hydrogen-bond acceptors (Lipinski definition) is 3. The molecule has 0 aromatic heterocycles. The Morgan fingerprint density at radius 2 is 2.14 bits per heavy atom. The van der Waals surface area contributed by atoms with E-state index in [1.54, 1.807) is 7.05 Å². The van der Waals surface area contributed by atoms with Gasteiger partial charge in [-0.1, -0.05) is 0 Å². The quantitative estimate of drug-likeness (QED) is 0.222. The predicted octanol–water partition coefficient (Wildman–Crippen LogP) is -1.35. The Morgan fingerprint density at radius 1 is 1.50 bits per heavy atom. The molecule has 1 amide bonds. The second kappa shape index (κ2) is 5.43. The molecule has 1 saturated heterocycles. The van der Waals surface area contributed by atoms with Crippen molar-refractivity contribution < 1.29 is 4.79 Å². The lowest BCUT2D eigenvalue weighted by atomic mass is 10.4. The lowest BCUT2D eigenvalue weighted by Crippen LogP contribution is -2.46. The van der Waals surface area contributed by atoms with E-state index in [9.17, 15) is 4.79 Å². The summed E-state index contributed by atoms with van der Waals surface area (Å²) < 4.78 is 0. The number of carbonyl (C=O) groups excluding carboxylic acids is 1. The molecule has 6 nitrogen and oxygen atoms in total. The highest BCUT2D eigenvalue weighted by Gasteiger charge is 2.17. The summed E-state index contributed by atoms with van der Waals surface area (Å²) in [5.74, 6) is 5.68. The van der Waals surface area contributed by atoms with E-state index in [1.165, 1.54) is 0 Å². The average molecular weight is 199 g/mol. The van der Waals surface area contributed by atoms with E-state index in [-0.39, 0.29) is 12.5 Å². The molecule has 0 unspecified atom stereocenters. The van der Waals surface area contributed by atoms with Crippen molar-refractivity contribution in [2.75, 3.05) is 26.7 Å². The number of aliphatic imine (C=N–C) groups is 1. The summed E-state index contributed by atoms with van der Waals surface area (Å²) in [6.07, 6.45) is 2.21. The van der Waals surface area contributed by atoms with Crippen LogP contribution >= 0.6 is 0 Å². The first-order valence-electron chi connectivity index (χ1n) is 4.73. The minimum atomic E-state index is 0.0962. The van der Waals surface area contributed by atoms with Crippen LogP contribution in [0.15, 0.2) is 4.99 Å². The van der Waals surface area contributed by atoms with Crippen molar-refractivity contribution in [2.45, 2.75) is 12.8 Å². The molecule has 4 N–H and O–H groups in total. The van der Waals surface area contributed by atoms with Crippen molar-refractivity contribution >= 4 is 11.9 Å². The van der Waals surface area contributed by atoms with Crippen LogP contribution in [-0.2, 0) is 4.79 Å². The molecule has 0 radical (unpaired) electrons. The first-order valence-corrected chi connectivity index (χ1v) is 4.73. The van der Waals surface area contributed by atoms with Gasteiger partial charge in [0.15, 0.2) is 0 Å². The summed E-state index contributed by atoms with van der Waals surface area (Å²) in [4.78, 5) is 17.2.